The molecule has 0 aromatic carbocycles. The fraction of sp³-hybridized carbons (Fsp3) is 0.556. The average Bonchev–Trinajstić information content (AvgIpc) is 2.45. The predicted octanol–water partition coefficient (Wildman–Crippen LogP) is 1.73. The van der Waals surface area contributed by atoms with Crippen LogP contribution in [0.5, 0.6) is 0 Å². The van der Waals surface area contributed by atoms with Gasteiger partial charge in [0.15, 0.2) is 0 Å². The normalized spacial score (nSPS) is 12.9. The summed E-state index contributed by atoms with van der Waals surface area (Å²) in [6.45, 7) is 4.96. The van der Waals surface area contributed by atoms with Crippen LogP contribution in [0.2, 0.25) is 0 Å². The second kappa shape index (κ2) is 4.37. The summed E-state index contributed by atoms with van der Waals surface area (Å²) < 4.78 is 28.8. The maximum absolute atomic E-state index is 12.0. The molecule has 0 fully saturated rings. The minimum absolute atomic E-state index is 0.523. The fourth-order valence-electron chi connectivity index (χ4n) is 1.46. The average molecular weight is 218 g/mol. The van der Waals surface area contributed by atoms with Crippen LogP contribution < -0.4 is 5.32 Å². The van der Waals surface area contributed by atoms with Gasteiger partial charge in [0.25, 0.3) is 5.91 Å². The molecular weight excluding hydrogens is 206 g/mol. The molecule has 0 saturated carbocycles. The van der Waals surface area contributed by atoms with Gasteiger partial charge >= 0.3 is 6.43 Å². The Morgan fingerprint density at radius 3 is 2.47 bits per heavy atom. The van der Waals surface area contributed by atoms with Crippen LogP contribution in [0.25, 0.3) is 0 Å². The number of amides is 1. The molecule has 4 nitrogen and oxygen atoms in total. The zero-order valence-corrected chi connectivity index (χ0v) is 8.67. The Hall–Kier alpha value is -1.46. The number of carbonyl (C=O) groups is 1. The lowest BCUT2D eigenvalue weighted by Crippen LogP contribution is -2.32. The minimum atomic E-state index is -3.01. The van der Waals surface area contributed by atoms with Gasteiger partial charge < -0.3 is 9.84 Å². The Kier molecular flexibility index (Phi) is 3.39. The van der Waals surface area contributed by atoms with Gasteiger partial charge in [-0.25, -0.2) is 0 Å². The van der Waals surface area contributed by atoms with Crippen molar-refractivity contribution in [2.45, 2.75) is 33.2 Å². The Morgan fingerprint density at radius 1 is 1.47 bits per heavy atom. The van der Waals surface area contributed by atoms with Crippen molar-refractivity contribution in [2.24, 2.45) is 0 Å². The summed E-state index contributed by atoms with van der Waals surface area (Å²) in [7, 11) is 0. The highest BCUT2D eigenvalue weighted by Crippen LogP contribution is 2.20. The van der Waals surface area contributed by atoms with E-state index in [1.165, 1.54) is 0 Å². The maximum atomic E-state index is 12.0. The van der Waals surface area contributed by atoms with E-state index >= 15 is 0 Å². The Balaban J connectivity index is 2.77. The molecule has 1 aromatic heterocycles. The molecule has 15 heavy (non-hydrogen) atoms. The van der Waals surface area contributed by atoms with E-state index in [9.17, 15) is 13.6 Å². The highest BCUT2D eigenvalue weighted by Gasteiger charge is 2.22. The first-order valence-corrected chi connectivity index (χ1v) is 4.44. The number of rotatable bonds is 3. The number of aromatic nitrogens is 1. The molecule has 1 N–H and O–H groups in total. The molecule has 1 aromatic rings. The van der Waals surface area contributed by atoms with Gasteiger partial charge in [0.2, 0.25) is 0 Å². The highest BCUT2D eigenvalue weighted by atomic mass is 19.3. The number of nitrogens with zero attached hydrogens (tertiary/aromatic N) is 1. The molecule has 1 amide bonds. The first-order valence-electron chi connectivity index (χ1n) is 4.44. The number of halogens is 2. The third-order valence-corrected chi connectivity index (χ3v) is 2.08. The second-order valence-corrected chi connectivity index (χ2v) is 3.27. The highest BCUT2D eigenvalue weighted by molar-refractivity contribution is 5.79. The molecule has 1 heterocycles. The van der Waals surface area contributed by atoms with E-state index < -0.39 is 18.4 Å². The van der Waals surface area contributed by atoms with E-state index in [0.717, 1.165) is 0 Å². The predicted molar refractivity (Wildman–Crippen MR) is 48.5 cm³/mol. The van der Waals surface area contributed by atoms with E-state index in [1.807, 2.05) is 0 Å². The summed E-state index contributed by atoms with van der Waals surface area (Å²) >= 11 is 0. The fourth-order valence-corrected chi connectivity index (χ4v) is 1.46. The Morgan fingerprint density at radius 2 is 2.07 bits per heavy atom. The topological polar surface area (TPSA) is 55.1 Å². The monoisotopic (exact) mass is 218 g/mol. The van der Waals surface area contributed by atoms with Gasteiger partial charge in [0.1, 0.15) is 5.76 Å². The van der Waals surface area contributed by atoms with E-state index in [1.54, 1.807) is 20.8 Å². The molecule has 6 heteroatoms. The number of hydrogen-bond donors (Lipinski definition) is 1. The van der Waals surface area contributed by atoms with Crippen molar-refractivity contribution in [3.05, 3.63) is 17.0 Å². The summed E-state index contributed by atoms with van der Waals surface area (Å²) in [6, 6.07) is -0.530. The van der Waals surface area contributed by atoms with Crippen LogP contribution in [0, 0.1) is 13.8 Å². The molecule has 84 valence electrons. The molecule has 0 saturated heterocycles. The van der Waals surface area contributed by atoms with E-state index in [0.29, 0.717) is 17.0 Å². The van der Waals surface area contributed by atoms with E-state index in [2.05, 4.69) is 10.5 Å². The van der Waals surface area contributed by atoms with Gasteiger partial charge in [-0.3, -0.25) is 4.79 Å². The maximum Gasteiger partial charge on any atom is 0.315 e. The minimum Gasteiger partial charge on any atom is -0.361 e. The van der Waals surface area contributed by atoms with Crippen LogP contribution in [0.15, 0.2) is 4.52 Å². The number of alkyl halides is 2. The Labute approximate surface area is 85.6 Å². The summed E-state index contributed by atoms with van der Waals surface area (Å²) in [5, 5.41) is 5.85. The van der Waals surface area contributed by atoms with Gasteiger partial charge in [-0.05, 0) is 20.8 Å². The van der Waals surface area contributed by atoms with Gasteiger partial charge in [0.05, 0.1) is 11.7 Å². The standard InChI is InChI=1S/C9H12F2N2O2/c1-4(12-9(14)8(10)11)7-5(2)13-15-6(7)3/h4,8H,1-3H3,(H,12,14). The third-order valence-electron chi connectivity index (χ3n) is 2.08. The molecule has 0 aliphatic heterocycles. The van der Waals surface area contributed by atoms with Crippen LogP contribution in [-0.4, -0.2) is 17.5 Å². The summed E-state index contributed by atoms with van der Waals surface area (Å²) in [5.41, 5.74) is 1.23. The zero-order chi connectivity index (χ0) is 11.6. The second-order valence-electron chi connectivity index (χ2n) is 3.27. The number of nitrogens with one attached hydrogen (secondary N) is 1. The molecule has 1 unspecified atom stereocenters. The van der Waals surface area contributed by atoms with Crippen LogP contribution in [0.4, 0.5) is 8.78 Å². The number of hydrogen-bond acceptors (Lipinski definition) is 3. The van der Waals surface area contributed by atoms with Gasteiger partial charge in [-0.15, -0.1) is 0 Å². The van der Waals surface area contributed by atoms with Crippen LogP contribution in [0.3, 0.4) is 0 Å². The first kappa shape index (κ1) is 11.6. The van der Waals surface area contributed by atoms with Crippen molar-refractivity contribution in [2.75, 3.05) is 0 Å². The molecule has 0 radical (unpaired) electrons. The largest absolute Gasteiger partial charge is 0.361 e. The smallest absolute Gasteiger partial charge is 0.315 e. The summed E-state index contributed by atoms with van der Waals surface area (Å²) in [6.07, 6.45) is -3.01. The van der Waals surface area contributed by atoms with E-state index in [4.69, 9.17) is 4.52 Å². The molecule has 0 aliphatic carbocycles. The summed E-state index contributed by atoms with van der Waals surface area (Å²) in [5.74, 6) is -0.767. The molecule has 1 atom stereocenters. The molecule has 0 aliphatic rings. The van der Waals surface area contributed by atoms with Gasteiger partial charge in [-0.1, -0.05) is 5.16 Å². The molecule has 0 spiro atoms. The van der Waals surface area contributed by atoms with Gasteiger partial charge in [-0.2, -0.15) is 8.78 Å². The van der Waals surface area contributed by atoms with Gasteiger partial charge in [0, 0.05) is 5.56 Å². The van der Waals surface area contributed by atoms with Crippen molar-refractivity contribution in [1.82, 2.24) is 10.5 Å². The van der Waals surface area contributed by atoms with Crippen molar-refractivity contribution < 1.29 is 18.1 Å². The van der Waals surface area contributed by atoms with Crippen LogP contribution in [0.1, 0.15) is 30.0 Å². The van der Waals surface area contributed by atoms with E-state index in [-0.39, 0.29) is 0 Å². The molecule has 0 bridgehead atoms. The lowest BCUT2D eigenvalue weighted by atomic mass is 10.1. The summed E-state index contributed by atoms with van der Waals surface area (Å²) in [4.78, 5) is 10.8. The third kappa shape index (κ3) is 2.51. The zero-order valence-electron chi connectivity index (χ0n) is 8.67. The molecular formula is C9H12F2N2O2. The van der Waals surface area contributed by atoms with Crippen molar-refractivity contribution >= 4 is 5.91 Å². The first-order chi connectivity index (χ1) is 6.93. The lowest BCUT2D eigenvalue weighted by molar-refractivity contribution is -0.132. The van der Waals surface area contributed by atoms with Crippen LogP contribution >= 0.6 is 0 Å². The number of aryl methyl sites for hydroxylation is 2. The van der Waals surface area contributed by atoms with Crippen molar-refractivity contribution in [1.29, 1.82) is 0 Å². The van der Waals surface area contributed by atoms with Crippen molar-refractivity contribution in [3.8, 4) is 0 Å². The molecule has 1 rings (SSSR count). The lowest BCUT2D eigenvalue weighted by Gasteiger charge is -2.12. The SMILES string of the molecule is Cc1noc(C)c1C(C)NC(=O)C(F)F. The number of carbonyl (C=O) groups excluding carboxylic acids is 1. The Bertz CT molecular complexity index is 343. The quantitative estimate of drug-likeness (QED) is 0.840. The van der Waals surface area contributed by atoms with Crippen LogP contribution in [-0.2, 0) is 4.79 Å². The van der Waals surface area contributed by atoms with Crippen molar-refractivity contribution in [3.63, 3.8) is 0 Å².